The molecule has 3 aromatic rings. The normalized spacial score (nSPS) is 17.4. The number of Topliss-reactive ketones (excluding diaryl/α,β-unsaturated/α-hetero) is 1. The Labute approximate surface area is 187 Å². The van der Waals surface area contributed by atoms with Crippen LogP contribution in [0.15, 0.2) is 72.6 Å². The first-order valence-electron chi connectivity index (χ1n) is 9.96. The van der Waals surface area contributed by atoms with E-state index in [1.54, 1.807) is 31.5 Å². The molecule has 8 nitrogen and oxygen atoms in total. The van der Waals surface area contributed by atoms with Gasteiger partial charge >= 0.3 is 0 Å². The Morgan fingerprint density at radius 2 is 1.91 bits per heavy atom. The summed E-state index contributed by atoms with van der Waals surface area (Å²) in [5, 5.41) is 22.0. The highest BCUT2D eigenvalue weighted by molar-refractivity contribution is 6.46. The first kappa shape index (κ1) is 21.8. The zero-order valence-electron chi connectivity index (χ0n) is 17.4. The van der Waals surface area contributed by atoms with Crippen LogP contribution in [0, 0.1) is 22.9 Å². The number of hydrogen-bond acceptors (Lipinski definition) is 6. The van der Waals surface area contributed by atoms with E-state index in [0.717, 1.165) is 6.07 Å². The van der Waals surface area contributed by atoms with Crippen molar-refractivity contribution in [3.05, 3.63) is 111 Å². The summed E-state index contributed by atoms with van der Waals surface area (Å²) in [7, 11) is 0. The fourth-order valence-corrected chi connectivity index (χ4v) is 3.75. The van der Waals surface area contributed by atoms with Crippen molar-refractivity contribution in [1.82, 2.24) is 9.88 Å². The molecule has 0 bridgehead atoms. The van der Waals surface area contributed by atoms with E-state index in [9.17, 15) is 29.2 Å². The summed E-state index contributed by atoms with van der Waals surface area (Å²) < 4.78 is 14.1. The van der Waals surface area contributed by atoms with Crippen molar-refractivity contribution in [3.8, 4) is 0 Å². The van der Waals surface area contributed by atoms with Crippen LogP contribution in [0.5, 0.6) is 0 Å². The number of aliphatic hydroxyl groups excluding tert-OH is 1. The summed E-state index contributed by atoms with van der Waals surface area (Å²) in [6.07, 6.45) is 3.11. The average Bonchev–Trinajstić information content (AvgIpc) is 3.06. The van der Waals surface area contributed by atoms with E-state index in [-0.39, 0.29) is 23.4 Å². The molecule has 1 amide bonds. The molecule has 1 atom stereocenters. The van der Waals surface area contributed by atoms with Gasteiger partial charge < -0.3 is 10.0 Å². The van der Waals surface area contributed by atoms with Crippen molar-refractivity contribution in [1.29, 1.82) is 0 Å². The lowest BCUT2D eigenvalue weighted by Gasteiger charge is -2.25. The van der Waals surface area contributed by atoms with Crippen molar-refractivity contribution in [2.24, 2.45) is 0 Å². The van der Waals surface area contributed by atoms with Crippen LogP contribution in [-0.4, -0.2) is 31.6 Å². The maximum Gasteiger partial charge on any atom is 0.295 e. The topological polar surface area (TPSA) is 114 Å². The summed E-state index contributed by atoms with van der Waals surface area (Å²) >= 11 is 0. The number of carbonyl (C=O) groups is 2. The lowest BCUT2D eigenvalue weighted by atomic mass is 9.94. The van der Waals surface area contributed by atoms with Crippen molar-refractivity contribution in [3.63, 3.8) is 0 Å². The molecule has 0 aliphatic carbocycles. The second-order valence-electron chi connectivity index (χ2n) is 7.60. The van der Waals surface area contributed by atoms with Crippen LogP contribution >= 0.6 is 0 Å². The molecule has 2 heterocycles. The maximum absolute atomic E-state index is 14.1. The van der Waals surface area contributed by atoms with Crippen molar-refractivity contribution >= 4 is 23.1 Å². The third-order valence-electron chi connectivity index (χ3n) is 5.48. The molecule has 1 aliphatic heterocycles. The number of pyridine rings is 1. The Balaban J connectivity index is 1.87. The zero-order valence-corrected chi connectivity index (χ0v) is 17.4. The number of ketones is 1. The molecule has 0 spiro atoms. The number of halogens is 1. The Morgan fingerprint density at radius 1 is 1.18 bits per heavy atom. The smallest absolute Gasteiger partial charge is 0.295 e. The summed E-state index contributed by atoms with van der Waals surface area (Å²) in [5.74, 6) is -2.88. The molecular weight excluding hydrogens is 429 g/mol. The van der Waals surface area contributed by atoms with Gasteiger partial charge in [-0.15, -0.1) is 0 Å². The van der Waals surface area contributed by atoms with E-state index < -0.39 is 34.2 Å². The van der Waals surface area contributed by atoms with Crippen LogP contribution in [0.3, 0.4) is 0 Å². The molecule has 1 N–H and O–H groups in total. The highest BCUT2D eigenvalue weighted by Crippen LogP contribution is 2.40. The molecule has 1 unspecified atom stereocenters. The molecule has 1 aliphatic rings. The van der Waals surface area contributed by atoms with Gasteiger partial charge in [0, 0.05) is 36.6 Å². The number of rotatable bonds is 5. The maximum atomic E-state index is 14.1. The number of aromatic nitrogens is 1. The molecule has 1 aromatic heterocycles. The third kappa shape index (κ3) is 4.08. The van der Waals surface area contributed by atoms with E-state index in [1.807, 2.05) is 0 Å². The predicted molar refractivity (Wildman–Crippen MR) is 116 cm³/mol. The van der Waals surface area contributed by atoms with Crippen LogP contribution in [0.25, 0.3) is 5.76 Å². The minimum Gasteiger partial charge on any atom is -0.507 e. The third-order valence-corrected chi connectivity index (χ3v) is 5.48. The molecule has 9 heteroatoms. The number of aliphatic hydroxyl groups is 1. The van der Waals surface area contributed by atoms with Crippen LogP contribution < -0.4 is 0 Å². The van der Waals surface area contributed by atoms with Gasteiger partial charge in [-0.05, 0) is 47.9 Å². The quantitative estimate of drug-likeness (QED) is 0.207. The predicted octanol–water partition coefficient (Wildman–Crippen LogP) is 4.06. The summed E-state index contributed by atoms with van der Waals surface area (Å²) in [6.45, 7) is 1.57. The second kappa shape index (κ2) is 8.62. The summed E-state index contributed by atoms with van der Waals surface area (Å²) in [5.41, 5.74) is 1.05. The van der Waals surface area contributed by atoms with E-state index in [4.69, 9.17) is 0 Å². The fraction of sp³-hybridized carbons (Fsp3) is 0.125. The highest BCUT2D eigenvalue weighted by Gasteiger charge is 2.46. The lowest BCUT2D eigenvalue weighted by molar-refractivity contribution is -0.384. The molecule has 33 heavy (non-hydrogen) atoms. The number of benzene rings is 2. The molecule has 1 saturated heterocycles. The number of nitro benzene ring substituents is 1. The number of hydrogen-bond donors (Lipinski definition) is 1. The van der Waals surface area contributed by atoms with Gasteiger partial charge in [-0.1, -0.05) is 18.2 Å². The van der Waals surface area contributed by atoms with Crippen LogP contribution in [0.4, 0.5) is 10.1 Å². The van der Waals surface area contributed by atoms with Gasteiger partial charge in [0.05, 0.1) is 16.5 Å². The Bertz CT molecular complexity index is 1290. The van der Waals surface area contributed by atoms with Crippen molar-refractivity contribution in [2.75, 3.05) is 0 Å². The highest BCUT2D eigenvalue weighted by atomic mass is 19.1. The van der Waals surface area contributed by atoms with Gasteiger partial charge in [-0.2, -0.15) is 0 Å². The number of nitro groups is 1. The van der Waals surface area contributed by atoms with Gasteiger partial charge in [-0.25, -0.2) is 4.39 Å². The number of nitrogens with zero attached hydrogens (tertiary/aromatic N) is 3. The number of aryl methyl sites for hydroxylation is 1. The van der Waals surface area contributed by atoms with E-state index in [2.05, 4.69) is 4.98 Å². The minimum atomic E-state index is -1.03. The molecule has 0 radical (unpaired) electrons. The van der Waals surface area contributed by atoms with Gasteiger partial charge in [0.2, 0.25) is 0 Å². The molecule has 166 valence electrons. The molecular formula is C24H18FN3O5. The first-order chi connectivity index (χ1) is 15.8. The largest absolute Gasteiger partial charge is 0.507 e. The number of amides is 1. The Kier molecular flexibility index (Phi) is 5.70. The number of carbonyl (C=O) groups excluding carboxylic acids is 2. The van der Waals surface area contributed by atoms with Crippen LogP contribution in [0.1, 0.15) is 28.3 Å². The van der Waals surface area contributed by atoms with E-state index >= 15 is 0 Å². The van der Waals surface area contributed by atoms with Gasteiger partial charge in [0.1, 0.15) is 11.6 Å². The summed E-state index contributed by atoms with van der Waals surface area (Å²) in [6, 6.07) is 11.7. The monoisotopic (exact) mass is 447 g/mol. The van der Waals surface area contributed by atoms with Gasteiger partial charge in [-0.3, -0.25) is 24.7 Å². The van der Waals surface area contributed by atoms with Gasteiger partial charge in [0.25, 0.3) is 17.4 Å². The Morgan fingerprint density at radius 3 is 2.52 bits per heavy atom. The molecule has 4 rings (SSSR count). The second-order valence-corrected chi connectivity index (χ2v) is 7.60. The molecule has 1 fully saturated rings. The van der Waals surface area contributed by atoms with E-state index in [1.165, 1.54) is 41.3 Å². The van der Waals surface area contributed by atoms with Crippen molar-refractivity contribution < 1.29 is 24.0 Å². The van der Waals surface area contributed by atoms with Crippen LogP contribution in [0.2, 0.25) is 0 Å². The summed E-state index contributed by atoms with van der Waals surface area (Å²) in [4.78, 5) is 41.7. The molecule has 0 saturated carbocycles. The van der Waals surface area contributed by atoms with E-state index in [0.29, 0.717) is 16.7 Å². The number of likely N-dealkylation sites (tertiary alicyclic amines) is 1. The van der Waals surface area contributed by atoms with Gasteiger partial charge in [0.15, 0.2) is 0 Å². The van der Waals surface area contributed by atoms with Crippen molar-refractivity contribution in [2.45, 2.75) is 19.5 Å². The lowest BCUT2D eigenvalue weighted by Crippen LogP contribution is -2.29. The standard InChI is InChI=1S/C24H18FN3O5/c1-14-4-5-17(11-19(14)25)22(29)20-21(16-6-8-18(9-7-16)28(32)33)27(24(31)23(20)30)13-15-3-2-10-26-12-15/h2-12,21,29H,13H2,1H3/b22-20-. The SMILES string of the molecule is Cc1ccc(/C(O)=C2/C(=O)C(=O)N(Cc3cccnc3)C2c2ccc([N+](=O)[O-])cc2)cc1F. The average molecular weight is 447 g/mol. The first-order valence-corrected chi connectivity index (χ1v) is 9.96. The minimum absolute atomic E-state index is 0.0130. The Hall–Kier alpha value is -4.40. The number of non-ortho nitro benzene ring substituents is 1. The molecule has 2 aromatic carbocycles. The van der Waals surface area contributed by atoms with Crippen LogP contribution in [-0.2, 0) is 16.1 Å². The fourth-order valence-electron chi connectivity index (χ4n) is 3.75. The zero-order chi connectivity index (χ0) is 23.7.